The molecule has 0 aliphatic carbocycles. The Bertz CT molecular complexity index is 1630. The van der Waals surface area contributed by atoms with Gasteiger partial charge in [0.15, 0.2) is 0 Å². The van der Waals surface area contributed by atoms with Crippen molar-refractivity contribution >= 4 is 40.8 Å². The maximum absolute atomic E-state index is 13.8. The van der Waals surface area contributed by atoms with E-state index in [1.54, 1.807) is 18.2 Å². The summed E-state index contributed by atoms with van der Waals surface area (Å²) >= 11 is 0. The lowest BCUT2D eigenvalue weighted by Crippen LogP contribution is -2.54. The highest BCUT2D eigenvalue weighted by Crippen LogP contribution is 2.30. The topological polar surface area (TPSA) is 124 Å². The monoisotopic (exact) mass is 620 g/mol. The van der Waals surface area contributed by atoms with Crippen molar-refractivity contribution in [3.8, 4) is 6.07 Å². The predicted molar refractivity (Wildman–Crippen MR) is 174 cm³/mol. The first-order valence-corrected chi connectivity index (χ1v) is 16.0. The lowest BCUT2D eigenvalue weighted by molar-refractivity contribution is 0.0666. The molecule has 1 amide bonds. The van der Waals surface area contributed by atoms with Crippen molar-refractivity contribution in [2.75, 3.05) is 42.5 Å². The zero-order valence-corrected chi connectivity index (χ0v) is 26.8. The van der Waals surface area contributed by atoms with Gasteiger partial charge >= 0.3 is 0 Å². The van der Waals surface area contributed by atoms with Gasteiger partial charge in [-0.2, -0.15) is 18.8 Å². The van der Waals surface area contributed by atoms with Gasteiger partial charge < -0.3 is 14.7 Å². The first kappa shape index (κ1) is 32.3. The second-order valence-electron chi connectivity index (χ2n) is 11.5. The van der Waals surface area contributed by atoms with Crippen LogP contribution in [0.5, 0.6) is 0 Å². The van der Waals surface area contributed by atoms with E-state index in [1.165, 1.54) is 6.07 Å². The summed E-state index contributed by atoms with van der Waals surface area (Å²) in [5.74, 6) is 0.359. The number of piperidine rings is 1. The van der Waals surface area contributed by atoms with E-state index >= 15 is 0 Å². The fourth-order valence-corrected chi connectivity index (χ4v) is 7.04. The van der Waals surface area contributed by atoms with E-state index in [0.717, 1.165) is 54.9 Å². The van der Waals surface area contributed by atoms with Gasteiger partial charge in [0, 0.05) is 44.5 Å². The molecule has 0 radical (unpaired) electrons. The Morgan fingerprint density at radius 2 is 1.63 bits per heavy atom. The molecule has 0 saturated carbocycles. The maximum Gasteiger partial charge on any atom is 0.273 e. The van der Waals surface area contributed by atoms with Crippen LogP contribution in [0.4, 0.5) is 11.4 Å². The number of rotatable bonds is 6. The smallest absolute Gasteiger partial charge is 0.273 e. The Morgan fingerprint density at radius 1 is 0.977 bits per heavy atom. The SMILES string of the molecule is Cc1cc(C)c(C(=O)N2CCN(c3ccccc3S(N)(=O)=O)C[C@@H]2C)nc1CC1CCN(c2ccccc2C#N)CC1.S. The van der Waals surface area contributed by atoms with Gasteiger partial charge in [0.05, 0.1) is 16.9 Å². The second kappa shape index (κ2) is 13.4. The molecule has 43 heavy (non-hydrogen) atoms. The van der Waals surface area contributed by atoms with Crippen LogP contribution in [0.15, 0.2) is 59.5 Å². The molecule has 2 N–H and O–H groups in total. The van der Waals surface area contributed by atoms with Crippen LogP contribution in [-0.2, 0) is 16.4 Å². The van der Waals surface area contributed by atoms with Crippen molar-refractivity contribution in [1.29, 1.82) is 5.26 Å². The summed E-state index contributed by atoms with van der Waals surface area (Å²) in [5.41, 5.74) is 5.68. The Labute approximate surface area is 261 Å². The largest absolute Gasteiger partial charge is 0.370 e. The van der Waals surface area contributed by atoms with Crippen molar-refractivity contribution in [3.63, 3.8) is 0 Å². The highest BCUT2D eigenvalue weighted by molar-refractivity contribution is 7.89. The minimum absolute atomic E-state index is 0. The number of nitrogens with two attached hydrogens (primary N) is 1. The Kier molecular flexibility index (Phi) is 10.1. The summed E-state index contributed by atoms with van der Waals surface area (Å²) in [6.07, 6.45) is 2.81. The molecule has 2 fully saturated rings. The van der Waals surface area contributed by atoms with Crippen molar-refractivity contribution in [3.05, 3.63) is 82.7 Å². The fraction of sp³-hybridized carbons (Fsp3) is 0.406. The van der Waals surface area contributed by atoms with Crippen molar-refractivity contribution in [2.24, 2.45) is 11.1 Å². The minimum Gasteiger partial charge on any atom is -0.370 e. The van der Waals surface area contributed by atoms with Crippen LogP contribution < -0.4 is 14.9 Å². The molecule has 228 valence electrons. The van der Waals surface area contributed by atoms with Gasteiger partial charge in [-0.3, -0.25) is 4.79 Å². The van der Waals surface area contributed by atoms with Gasteiger partial charge in [-0.1, -0.05) is 30.3 Å². The third-order valence-electron chi connectivity index (χ3n) is 8.57. The quantitative estimate of drug-likeness (QED) is 0.439. The summed E-state index contributed by atoms with van der Waals surface area (Å²) < 4.78 is 24.3. The Morgan fingerprint density at radius 3 is 2.28 bits per heavy atom. The van der Waals surface area contributed by atoms with E-state index in [-0.39, 0.29) is 30.3 Å². The summed E-state index contributed by atoms with van der Waals surface area (Å²) in [6.45, 7) is 9.18. The van der Waals surface area contributed by atoms with Crippen LogP contribution in [0.2, 0.25) is 0 Å². The zero-order chi connectivity index (χ0) is 30.0. The number of piperazine rings is 1. The number of para-hydroxylation sites is 2. The number of aromatic nitrogens is 1. The van der Waals surface area contributed by atoms with Crippen LogP contribution in [0.25, 0.3) is 0 Å². The normalized spacial score (nSPS) is 17.7. The van der Waals surface area contributed by atoms with Gasteiger partial charge in [0.1, 0.15) is 16.7 Å². The van der Waals surface area contributed by atoms with E-state index < -0.39 is 10.0 Å². The van der Waals surface area contributed by atoms with Crippen molar-refractivity contribution in [1.82, 2.24) is 9.88 Å². The van der Waals surface area contributed by atoms with Crippen LogP contribution in [0.3, 0.4) is 0 Å². The average Bonchev–Trinajstić information content (AvgIpc) is 2.98. The maximum atomic E-state index is 13.8. The molecule has 3 aromatic rings. The highest BCUT2D eigenvalue weighted by Gasteiger charge is 2.32. The number of primary sulfonamides is 1. The summed E-state index contributed by atoms with van der Waals surface area (Å²) in [7, 11) is -3.87. The van der Waals surface area contributed by atoms with Crippen molar-refractivity contribution < 1.29 is 13.2 Å². The number of benzene rings is 2. The van der Waals surface area contributed by atoms with Crippen LogP contribution in [-0.4, -0.2) is 63.0 Å². The fourth-order valence-electron chi connectivity index (χ4n) is 6.28. The molecule has 0 spiro atoms. The van der Waals surface area contributed by atoms with Gasteiger partial charge in [-0.05, 0) is 81.3 Å². The third-order valence-corrected chi connectivity index (χ3v) is 9.53. The van der Waals surface area contributed by atoms with Gasteiger partial charge in [-0.15, -0.1) is 0 Å². The van der Waals surface area contributed by atoms with E-state index in [4.69, 9.17) is 10.1 Å². The lowest BCUT2D eigenvalue weighted by Gasteiger charge is -2.41. The molecular weight excluding hydrogens is 581 g/mol. The first-order chi connectivity index (χ1) is 20.1. The number of anilines is 2. The zero-order valence-electron chi connectivity index (χ0n) is 25.0. The van der Waals surface area contributed by atoms with Gasteiger partial charge in [-0.25, -0.2) is 18.5 Å². The molecule has 2 saturated heterocycles. The summed E-state index contributed by atoms with van der Waals surface area (Å²) in [4.78, 5) is 25.0. The lowest BCUT2D eigenvalue weighted by atomic mass is 9.90. The van der Waals surface area contributed by atoms with E-state index in [9.17, 15) is 18.5 Å². The number of hydrogen-bond acceptors (Lipinski definition) is 7. The average molecular weight is 621 g/mol. The number of hydrogen-bond donors (Lipinski definition) is 1. The van der Waals surface area contributed by atoms with Crippen LogP contribution >= 0.6 is 13.5 Å². The summed E-state index contributed by atoms with van der Waals surface area (Å²) in [5, 5.41) is 15.0. The van der Waals surface area contributed by atoms with Gasteiger partial charge in [0.2, 0.25) is 10.0 Å². The molecule has 2 aliphatic heterocycles. The van der Waals surface area contributed by atoms with Crippen molar-refractivity contribution in [2.45, 2.75) is 51.0 Å². The molecule has 5 rings (SSSR count). The number of sulfonamides is 1. The summed E-state index contributed by atoms with van der Waals surface area (Å²) in [6, 6.07) is 18.7. The molecule has 0 unspecified atom stereocenters. The van der Waals surface area contributed by atoms with E-state index in [0.29, 0.717) is 42.5 Å². The molecule has 3 heterocycles. The second-order valence-corrected chi connectivity index (χ2v) is 13.0. The van der Waals surface area contributed by atoms with Crippen LogP contribution in [0.1, 0.15) is 52.6 Å². The highest BCUT2D eigenvalue weighted by atomic mass is 32.2. The molecule has 2 aromatic carbocycles. The third kappa shape index (κ3) is 6.98. The first-order valence-electron chi connectivity index (χ1n) is 14.5. The number of nitrogens with zero attached hydrogens (tertiary/aromatic N) is 5. The molecule has 9 nitrogen and oxygen atoms in total. The number of amides is 1. The number of carbonyl (C=O) groups is 1. The number of nitriles is 1. The predicted octanol–water partition coefficient (Wildman–Crippen LogP) is 4.14. The molecular formula is C32H40N6O3S2. The number of aryl methyl sites for hydroxylation is 2. The number of pyridine rings is 1. The van der Waals surface area contributed by atoms with E-state index in [1.807, 2.05) is 47.9 Å². The van der Waals surface area contributed by atoms with E-state index in [2.05, 4.69) is 24.0 Å². The Hall–Kier alpha value is -3.59. The Balaban J connectivity index is 0.00000423. The molecule has 11 heteroatoms. The van der Waals surface area contributed by atoms with Gasteiger partial charge in [0.25, 0.3) is 5.91 Å². The molecule has 2 aliphatic rings. The molecule has 0 bridgehead atoms. The standard InChI is InChI=1S/C32H38N6O3S.H2S/c1-22-18-23(2)31(35-27(22)19-25-12-14-36(15-13-25)28-9-5-4-8-26(28)20-33)32(39)38-17-16-37(21-24(38)3)29-10-6-7-11-30(29)42(34,40)41;/h4-11,18,24-25H,12-17,19,21H2,1-3H3,(H2,34,40,41);1H2/t24-;/m0./s1. The van der Waals surface area contributed by atoms with Crippen LogP contribution in [0, 0.1) is 31.1 Å². The minimum atomic E-state index is -3.87. The molecule has 1 atom stereocenters. The number of carbonyl (C=O) groups excluding carboxylic acids is 1. The molecule has 1 aromatic heterocycles.